The summed E-state index contributed by atoms with van der Waals surface area (Å²) in [5, 5.41) is 4.77. The fourth-order valence-electron chi connectivity index (χ4n) is 12.8. The van der Waals surface area contributed by atoms with Gasteiger partial charge in [-0.2, -0.15) is 0 Å². The van der Waals surface area contributed by atoms with Gasteiger partial charge in [0, 0.05) is 44.9 Å². The normalized spacial score (nSPS) is 16.8. The highest BCUT2D eigenvalue weighted by Gasteiger charge is 2.53. The number of hydrogen-bond donors (Lipinski definition) is 0. The van der Waals surface area contributed by atoms with E-state index in [1.165, 1.54) is 101 Å². The Morgan fingerprint density at radius 1 is 0.462 bits per heavy atom. The largest absolute Gasteiger partial charge is 0.456 e. The number of hydrogen-bond acceptors (Lipinski definition) is 3. The number of anilines is 5. The summed E-state index contributed by atoms with van der Waals surface area (Å²) in [6.45, 7) is 9.60. The smallest absolute Gasteiger partial charge is 0.333 e. The lowest BCUT2D eigenvalue weighted by Gasteiger charge is -2.52. The molecule has 4 heterocycles. The molecular formula is C61H47BN2O. The molecule has 0 saturated heterocycles. The highest BCUT2D eigenvalue weighted by molar-refractivity contribution is 6.94. The minimum atomic E-state index is -0.592. The number of para-hydroxylation sites is 3. The Bertz CT molecular complexity index is 3600. The van der Waals surface area contributed by atoms with Gasteiger partial charge >= 0.3 is 6.85 Å². The summed E-state index contributed by atoms with van der Waals surface area (Å²) in [6.07, 6.45) is 2.32. The highest BCUT2D eigenvalue weighted by atomic mass is 16.3. The van der Waals surface area contributed by atoms with E-state index in [1.807, 2.05) is 0 Å². The van der Waals surface area contributed by atoms with E-state index < -0.39 is 5.41 Å². The molecule has 0 radical (unpaired) electrons. The van der Waals surface area contributed by atoms with Crippen molar-refractivity contribution in [2.45, 2.75) is 56.8 Å². The van der Waals surface area contributed by atoms with Crippen molar-refractivity contribution >= 4 is 78.9 Å². The Hall–Kier alpha value is -7.30. The Balaban J connectivity index is 1.17. The molecule has 0 unspecified atom stereocenters. The average molecular weight is 835 g/mol. The van der Waals surface area contributed by atoms with Crippen molar-refractivity contribution < 1.29 is 4.42 Å². The molecule has 310 valence electrons. The fourth-order valence-corrected chi connectivity index (χ4v) is 12.8. The van der Waals surface area contributed by atoms with Crippen LogP contribution in [0.1, 0.15) is 73.9 Å². The number of fused-ring (bicyclic) bond motifs is 12. The predicted molar refractivity (Wildman–Crippen MR) is 272 cm³/mol. The zero-order valence-corrected chi connectivity index (χ0v) is 37.2. The molecule has 0 spiro atoms. The van der Waals surface area contributed by atoms with E-state index in [2.05, 4.69) is 225 Å². The van der Waals surface area contributed by atoms with Crippen LogP contribution in [0.3, 0.4) is 0 Å². The van der Waals surface area contributed by atoms with E-state index in [9.17, 15) is 0 Å². The van der Waals surface area contributed by atoms with Crippen LogP contribution in [0.4, 0.5) is 28.4 Å². The molecule has 0 atom stereocenters. The van der Waals surface area contributed by atoms with Gasteiger partial charge in [0.15, 0.2) is 0 Å². The SMILES string of the molecule is CC1(C)CCC(C)(C)c2cc(N3B4c5cccc6c5N(c5ccccc5C6(c5ccccc5)c5ccccc5)c5c4c(cc4ccccc54)-c4cc5c(cc43)oc3ccccc35)ccc21. The molecule has 10 aromatic rings. The number of furan rings is 1. The quantitative estimate of drug-likeness (QED) is 0.165. The first-order chi connectivity index (χ1) is 31.7. The van der Waals surface area contributed by atoms with Crippen LogP contribution in [0.25, 0.3) is 43.8 Å². The zero-order valence-electron chi connectivity index (χ0n) is 37.2. The van der Waals surface area contributed by atoms with E-state index in [4.69, 9.17) is 4.42 Å². The van der Waals surface area contributed by atoms with E-state index >= 15 is 0 Å². The van der Waals surface area contributed by atoms with E-state index in [0.29, 0.717) is 0 Å². The topological polar surface area (TPSA) is 19.6 Å². The molecule has 1 aliphatic carbocycles. The van der Waals surface area contributed by atoms with Crippen LogP contribution in [-0.4, -0.2) is 6.85 Å². The molecule has 0 N–H and O–H groups in total. The number of benzene rings is 9. The standard InChI is InChI=1S/C61H47BN2O/c1-59(2)32-33-60(3,4)50-35-41(30-31-47(50)59)64-53-37-55-45(43-24-13-16-29-54(43)65-55)36-44(53)46-34-38-18-11-12-23-42(38)57-56(46)62(64)51-27-17-26-49-58(51)63(57)52-28-15-14-25-48(52)61(49,39-19-7-5-8-20-39)40-21-9-6-10-22-40/h5-31,34-37H,32-33H2,1-4H3. The van der Waals surface area contributed by atoms with Gasteiger partial charge < -0.3 is 14.1 Å². The highest BCUT2D eigenvalue weighted by Crippen LogP contribution is 2.60. The van der Waals surface area contributed by atoms with Crippen molar-refractivity contribution in [1.29, 1.82) is 0 Å². The summed E-state index contributed by atoms with van der Waals surface area (Å²) in [4.78, 5) is 5.36. The maximum absolute atomic E-state index is 6.78. The van der Waals surface area contributed by atoms with E-state index in [-0.39, 0.29) is 17.7 Å². The van der Waals surface area contributed by atoms with Gasteiger partial charge in [-0.25, -0.2) is 0 Å². The predicted octanol–water partition coefficient (Wildman–Crippen LogP) is 14.5. The lowest BCUT2D eigenvalue weighted by molar-refractivity contribution is 0.332. The second-order valence-corrected chi connectivity index (χ2v) is 20.2. The van der Waals surface area contributed by atoms with Crippen molar-refractivity contribution in [3.05, 3.63) is 221 Å². The molecule has 4 heteroatoms. The second kappa shape index (κ2) is 12.9. The van der Waals surface area contributed by atoms with Gasteiger partial charge in [0.1, 0.15) is 11.2 Å². The van der Waals surface area contributed by atoms with Crippen molar-refractivity contribution in [3.63, 3.8) is 0 Å². The summed E-state index contributed by atoms with van der Waals surface area (Å²) < 4.78 is 6.78. The molecule has 9 aromatic carbocycles. The first-order valence-electron chi connectivity index (χ1n) is 23.3. The second-order valence-electron chi connectivity index (χ2n) is 20.2. The molecule has 1 aromatic heterocycles. The number of rotatable bonds is 3. The zero-order chi connectivity index (χ0) is 43.4. The van der Waals surface area contributed by atoms with Crippen molar-refractivity contribution in [2.24, 2.45) is 0 Å². The molecule has 3 nitrogen and oxygen atoms in total. The molecule has 0 bridgehead atoms. The first-order valence-corrected chi connectivity index (χ1v) is 23.3. The summed E-state index contributed by atoms with van der Waals surface area (Å²) in [7, 11) is 0. The van der Waals surface area contributed by atoms with E-state index in [0.717, 1.165) is 28.4 Å². The first kappa shape index (κ1) is 37.1. The molecule has 0 saturated carbocycles. The van der Waals surface area contributed by atoms with Gasteiger partial charge in [0.2, 0.25) is 0 Å². The Morgan fingerprint density at radius 3 is 1.91 bits per heavy atom. The maximum Gasteiger partial charge on any atom is 0.333 e. The lowest BCUT2D eigenvalue weighted by Crippen LogP contribution is -2.62. The molecule has 0 fully saturated rings. The summed E-state index contributed by atoms with van der Waals surface area (Å²) in [5.74, 6) is 0. The third kappa shape index (κ3) is 4.82. The van der Waals surface area contributed by atoms with Crippen molar-refractivity contribution in [3.8, 4) is 11.1 Å². The molecular weight excluding hydrogens is 787 g/mol. The molecule has 0 amide bonds. The van der Waals surface area contributed by atoms with Crippen LogP contribution in [-0.2, 0) is 16.2 Å². The Labute approximate surface area is 380 Å². The molecule has 14 rings (SSSR count). The van der Waals surface area contributed by atoms with Gasteiger partial charge in [-0.3, -0.25) is 0 Å². The van der Waals surface area contributed by atoms with Gasteiger partial charge in [-0.05, 0) is 115 Å². The van der Waals surface area contributed by atoms with Crippen LogP contribution in [0, 0.1) is 0 Å². The third-order valence-electron chi connectivity index (χ3n) is 15.9. The monoisotopic (exact) mass is 834 g/mol. The average Bonchev–Trinajstić information content (AvgIpc) is 3.71. The Kier molecular flexibility index (Phi) is 7.38. The van der Waals surface area contributed by atoms with Gasteiger partial charge in [-0.15, -0.1) is 0 Å². The van der Waals surface area contributed by atoms with Crippen LogP contribution < -0.4 is 20.6 Å². The third-order valence-corrected chi connectivity index (χ3v) is 15.9. The minimum absolute atomic E-state index is 0.0331. The number of nitrogens with zero attached hydrogens (tertiary/aromatic N) is 2. The summed E-state index contributed by atoms with van der Waals surface area (Å²) >= 11 is 0. The van der Waals surface area contributed by atoms with Crippen LogP contribution in [0.2, 0.25) is 0 Å². The molecule has 65 heavy (non-hydrogen) atoms. The van der Waals surface area contributed by atoms with Crippen LogP contribution in [0.15, 0.2) is 192 Å². The van der Waals surface area contributed by atoms with Gasteiger partial charge in [0.25, 0.3) is 0 Å². The van der Waals surface area contributed by atoms with Crippen molar-refractivity contribution in [2.75, 3.05) is 9.71 Å². The summed E-state index contributed by atoms with van der Waals surface area (Å²) in [6, 6.07) is 71.1. The van der Waals surface area contributed by atoms with Crippen molar-refractivity contribution in [1.82, 2.24) is 0 Å². The molecule has 3 aliphatic heterocycles. The Morgan fingerprint density at radius 2 is 1.12 bits per heavy atom. The van der Waals surface area contributed by atoms with E-state index in [1.54, 1.807) is 0 Å². The summed E-state index contributed by atoms with van der Waals surface area (Å²) in [5.41, 5.74) is 20.6. The maximum atomic E-state index is 6.78. The van der Waals surface area contributed by atoms with Gasteiger partial charge in [0.05, 0.1) is 16.8 Å². The van der Waals surface area contributed by atoms with Gasteiger partial charge in [-0.1, -0.05) is 173 Å². The minimum Gasteiger partial charge on any atom is -0.456 e. The fraction of sp³-hybridized carbons (Fsp3) is 0.148. The molecule has 4 aliphatic rings. The van der Waals surface area contributed by atoms with Crippen LogP contribution in [0.5, 0.6) is 0 Å². The van der Waals surface area contributed by atoms with Crippen LogP contribution >= 0.6 is 0 Å². The lowest BCUT2D eigenvalue weighted by atomic mass is 9.42.